The number of nitriles is 1. The molecular formula is C15H15N3O. The van der Waals surface area contributed by atoms with Gasteiger partial charge in [-0.05, 0) is 11.6 Å². The van der Waals surface area contributed by atoms with Gasteiger partial charge in [0.05, 0.1) is 37.5 Å². The van der Waals surface area contributed by atoms with E-state index in [9.17, 15) is 0 Å². The summed E-state index contributed by atoms with van der Waals surface area (Å²) in [7, 11) is 1.58. The van der Waals surface area contributed by atoms with Gasteiger partial charge >= 0.3 is 0 Å². The van der Waals surface area contributed by atoms with Gasteiger partial charge in [0.1, 0.15) is 0 Å². The lowest BCUT2D eigenvalue weighted by Crippen LogP contribution is -2.10. The monoisotopic (exact) mass is 253 g/mol. The molecule has 4 heteroatoms. The minimum atomic E-state index is -0.0404. The fraction of sp³-hybridized carbons (Fsp3) is 0.200. The Morgan fingerprint density at radius 1 is 1.26 bits per heavy atom. The van der Waals surface area contributed by atoms with Gasteiger partial charge in [-0.15, -0.1) is 0 Å². The highest BCUT2D eigenvalue weighted by molar-refractivity contribution is 5.45. The Morgan fingerprint density at radius 2 is 2.05 bits per heavy atom. The van der Waals surface area contributed by atoms with Gasteiger partial charge in [0.15, 0.2) is 0 Å². The van der Waals surface area contributed by atoms with Crippen molar-refractivity contribution in [1.29, 1.82) is 5.26 Å². The van der Waals surface area contributed by atoms with Crippen LogP contribution in [0.25, 0.3) is 0 Å². The summed E-state index contributed by atoms with van der Waals surface area (Å²) in [5.74, 6) is 0.571. The highest BCUT2D eigenvalue weighted by Gasteiger charge is 2.10. The number of methoxy groups -OCH3 is 1. The minimum absolute atomic E-state index is 0.0404. The number of aromatic nitrogens is 1. The third-order valence-corrected chi connectivity index (χ3v) is 2.78. The molecule has 1 aromatic carbocycles. The van der Waals surface area contributed by atoms with Crippen LogP contribution in [-0.2, 0) is 0 Å². The van der Waals surface area contributed by atoms with Gasteiger partial charge in [-0.3, -0.25) is 0 Å². The molecule has 1 atom stereocenters. The molecule has 96 valence electrons. The Bertz CT molecular complexity index is 546. The van der Waals surface area contributed by atoms with Crippen molar-refractivity contribution >= 4 is 5.69 Å². The average molecular weight is 253 g/mol. The molecule has 2 rings (SSSR count). The van der Waals surface area contributed by atoms with Crippen LogP contribution in [0.2, 0.25) is 0 Å². The molecule has 0 saturated heterocycles. The van der Waals surface area contributed by atoms with Crippen LogP contribution in [0, 0.1) is 11.3 Å². The van der Waals surface area contributed by atoms with Crippen LogP contribution in [0.1, 0.15) is 18.0 Å². The molecule has 2 aromatic rings. The number of anilines is 1. The number of pyridine rings is 1. The fourth-order valence-electron chi connectivity index (χ4n) is 1.82. The van der Waals surface area contributed by atoms with Crippen LogP contribution >= 0.6 is 0 Å². The van der Waals surface area contributed by atoms with E-state index in [1.807, 2.05) is 36.4 Å². The number of nitrogens with one attached hydrogen (secondary N) is 1. The minimum Gasteiger partial charge on any atom is -0.481 e. The van der Waals surface area contributed by atoms with Crippen LogP contribution < -0.4 is 10.1 Å². The molecule has 1 unspecified atom stereocenters. The van der Waals surface area contributed by atoms with Crippen LogP contribution in [0.3, 0.4) is 0 Å². The van der Waals surface area contributed by atoms with Gasteiger partial charge in [0.2, 0.25) is 5.88 Å². The third kappa shape index (κ3) is 3.46. The molecule has 0 bridgehead atoms. The van der Waals surface area contributed by atoms with Crippen LogP contribution in [0.4, 0.5) is 5.69 Å². The van der Waals surface area contributed by atoms with E-state index in [0.29, 0.717) is 12.3 Å². The van der Waals surface area contributed by atoms with Gasteiger partial charge in [-0.25, -0.2) is 4.98 Å². The standard InChI is InChI=1S/C15H15N3O/c1-19-15-8-7-13(11-17-15)18-14(9-10-16)12-5-3-2-4-6-12/h2-8,11,14,18H,9H2,1H3. The molecule has 0 amide bonds. The summed E-state index contributed by atoms with van der Waals surface area (Å²) in [6.45, 7) is 0. The molecule has 19 heavy (non-hydrogen) atoms. The van der Waals surface area contributed by atoms with Gasteiger partial charge in [0, 0.05) is 6.07 Å². The Kier molecular flexibility index (Phi) is 4.35. The fourth-order valence-corrected chi connectivity index (χ4v) is 1.82. The second-order valence-electron chi connectivity index (χ2n) is 4.06. The normalized spacial score (nSPS) is 11.4. The van der Waals surface area contributed by atoms with Gasteiger partial charge in [-0.1, -0.05) is 30.3 Å². The number of nitrogens with zero attached hydrogens (tertiary/aromatic N) is 2. The van der Waals surface area contributed by atoms with E-state index < -0.39 is 0 Å². The summed E-state index contributed by atoms with van der Waals surface area (Å²) >= 11 is 0. The number of ether oxygens (including phenoxy) is 1. The summed E-state index contributed by atoms with van der Waals surface area (Å²) in [5.41, 5.74) is 1.95. The lowest BCUT2D eigenvalue weighted by molar-refractivity contribution is 0.398. The number of hydrogen-bond acceptors (Lipinski definition) is 4. The van der Waals surface area contributed by atoms with E-state index in [2.05, 4.69) is 16.4 Å². The molecule has 1 heterocycles. The molecule has 1 N–H and O–H groups in total. The molecule has 0 saturated carbocycles. The first-order valence-electron chi connectivity index (χ1n) is 6.02. The largest absolute Gasteiger partial charge is 0.481 e. The molecule has 0 fully saturated rings. The van der Waals surface area contributed by atoms with E-state index in [1.54, 1.807) is 19.4 Å². The van der Waals surface area contributed by atoms with E-state index in [4.69, 9.17) is 10.00 Å². The van der Waals surface area contributed by atoms with Crippen molar-refractivity contribution in [2.45, 2.75) is 12.5 Å². The van der Waals surface area contributed by atoms with Crippen molar-refractivity contribution in [3.63, 3.8) is 0 Å². The zero-order valence-electron chi connectivity index (χ0n) is 10.7. The topological polar surface area (TPSA) is 57.9 Å². The van der Waals surface area contributed by atoms with Crippen molar-refractivity contribution in [3.05, 3.63) is 54.2 Å². The zero-order chi connectivity index (χ0) is 13.5. The van der Waals surface area contributed by atoms with E-state index in [1.165, 1.54) is 0 Å². The lowest BCUT2D eigenvalue weighted by Gasteiger charge is -2.17. The Hall–Kier alpha value is -2.54. The van der Waals surface area contributed by atoms with Crippen molar-refractivity contribution in [2.24, 2.45) is 0 Å². The lowest BCUT2D eigenvalue weighted by atomic mass is 10.0. The van der Waals surface area contributed by atoms with E-state index >= 15 is 0 Å². The highest BCUT2D eigenvalue weighted by atomic mass is 16.5. The third-order valence-electron chi connectivity index (χ3n) is 2.78. The summed E-state index contributed by atoms with van der Waals surface area (Å²) < 4.78 is 5.02. The maximum Gasteiger partial charge on any atom is 0.213 e. The summed E-state index contributed by atoms with van der Waals surface area (Å²) in [6.07, 6.45) is 2.10. The van der Waals surface area contributed by atoms with Crippen molar-refractivity contribution in [3.8, 4) is 11.9 Å². The second kappa shape index (κ2) is 6.41. The van der Waals surface area contributed by atoms with E-state index in [-0.39, 0.29) is 6.04 Å². The van der Waals surface area contributed by atoms with Gasteiger partial charge < -0.3 is 10.1 Å². The highest BCUT2D eigenvalue weighted by Crippen LogP contribution is 2.22. The summed E-state index contributed by atoms with van der Waals surface area (Å²) in [5, 5.41) is 12.2. The molecule has 0 aliphatic rings. The first-order valence-corrected chi connectivity index (χ1v) is 6.02. The molecule has 0 aliphatic carbocycles. The first-order chi connectivity index (χ1) is 9.33. The molecule has 0 spiro atoms. The van der Waals surface area contributed by atoms with Crippen LogP contribution in [-0.4, -0.2) is 12.1 Å². The quantitative estimate of drug-likeness (QED) is 0.889. The van der Waals surface area contributed by atoms with Crippen molar-refractivity contribution < 1.29 is 4.74 Å². The van der Waals surface area contributed by atoms with Crippen molar-refractivity contribution in [1.82, 2.24) is 4.98 Å². The van der Waals surface area contributed by atoms with Crippen LogP contribution in [0.5, 0.6) is 5.88 Å². The number of benzene rings is 1. The summed E-state index contributed by atoms with van der Waals surface area (Å²) in [6, 6.07) is 15.7. The van der Waals surface area contributed by atoms with Gasteiger partial charge in [0.25, 0.3) is 0 Å². The maximum absolute atomic E-state index is 8.93. The second-order valence-corrected chi connectivity index (χ2v) is 4.06. The molecule has 4 nitrogen and oxygen atoms in total. The van der Waals surface area contributed by atoms with Crippen molar-refractivity contribution in [2.75, 3.05) is 12.4 Å². The number of rotatable bonds is 5. The number of hydrogen-bond donors (Lipinski definition) is 1. The smallest absolute Gasteiger partial charge is 0.213 e. The average Bonchev–Trinajstić information content (AvgIpc) is 2.48. The molecule has 0 aliphatic heterocycles. The Balaban J connectivity index is 2.14. The van der Waals surface area contributed by atoms with Gasteiger partial charge in [-0.2, -0.15) is 5.26 Å². The zero-order valence-corrected chi connectivity index (χ0v) is 10.7. The molecular weight excluding hydrogens is 238 g/mol. The maximum atomic E-state index is 8.93. The summed E-state index contributed by atoms with van der Waals surface area (Å²) in [4.78, 5) is 4.14. The Morgan fingerprint density at radius 3 is 2.63 bits per heavy atom. The Labute approximate surface area is 112 Å². The predicted octanol–water partition coefficient (Wildman–Crippen LogP) is 3.16. The molecule has 1 aromatic heterocycles. The molecule has 0 radical (unpaired) electrons. The SMILES string of the molecule is COc1ccc(NC(CC#N)c2ccccc2)cn1. The van der Waals surface area contributed by atoms with Crippen LogP contribution in [0.15, 0.2) is 48.7 Å². The first kappa shape index (κ1) is 12.9. The van der Waals surface area contributed by atoms with E-state index in [0.717, 1.165) is 11.3 Å². The predicted molar refractivity (Wildman–Crippen MR) is 73.8 cm³/mol.